The summed E-state index contributed by atoms with van der Waals surface area (Å²) in [4.78, 5) is 13.9. The van der Waals surface area contributed by atoms with Crippen LogP contribution in [0.2, 0.25) is 0 Å². The van der Waals surface area contributed by atoms with Gasteiger partial charge in [-0.3, -0.25) is 4.79 Å². The maximum atomic E-state index is 12.4. The Kier molecular flexibility index (Phi) is 4.87. The summed E-state index contributed by atoms with van der Waals surface area (Å²) in [5.74, 6) is -0.174. The number of β-amino-alcohol motifs (C(OH)–C–C–N with tert-alkyl or cyclic N) is 1. The second kappa shape index (κ2) is 5.98. The molecule has 1 aromatic carbocycles. The zero-order valence-corrected chi connectivity index (χ0v) is 11.2. The van der Waals surface area contributed by atoms with Gasteiger partial charge in [0.2, 0.25) is 0 Å². The van der Waals surface area contributed by atoms with Gasteiger partial charge in [-0.15, -0.1) is 0 Å². The number of benzene rings is 1. The normalized spacial score (nSPS) is 11.4. The van der Waals surface area contributed by atoms with E-state index < -0.39 is 5.54 Å². The number of carbonyl (C=O) groups excluding carboxylic acids is 1. The molecule has 0 saturated heterocycles. The Hall–Kier alpha value is -1.39. The van der Waals surface area contributed by atoms with E-state index in [-0.39, 0.29) is 25.7 Å². The first kappa shape index (κ1) is 14.7. The Morgan fingerprint density at radius 2 is 2.00 bits per heavy atom. The molecule has 0 aliphatic rings. The molecule has 0 atom stereocenters. The van der Waals surface area contributed by atoms with Crippen molar-refractivity contribution in [1.29, 1.82) is 0 Å². The lowest BCUT2D eigenvalue weighted by Gasteiger charge is -2.37. The van der Waals surface area contributed by atoms with Gasteiger partial charge in [-0.25, -0.2) is 0 Å². The van der Waals surface area contributed by atoms with E-state index in [1.54, 1.807) is 26.0 Å². The van der Waals surface area contributed by atoms with Crippen molar-refractivity contribution in [3.05, 3.63) is 35.4 Å². The van der Waals surface area contributed by atoms with E-state index in [1.165, 1.54) is 4.90 Å². The molecule has 0 spiro atoms. The van der Waals surface area contributed by atoms with E-state index in [1.807, 2.05) is 19.1 Å². The summed E-state index contributed by atoms with van der Waals surface area (Å²) < 4.78 is 0. The summed E-state index contributed by atoms with van der Waals surface area (Å²) in [7, 11) is 0. The SMILES string of the molecule is Cc1cccc(C(=O)N(CCO)C(C)(C)CO)c1. The van der Waals surface area contributed by atoms with Crippen LogP contribution in [0.15, 0.2) is 24.3 Å². The Morgan fingerprint density at radius 1 is 1.33 bits per heavy atom. The maximum Gasteiger partial charge on any atom is 0.254 e. The second-order valence-electron chi connectivity index (χ2n) is 5.02. The molecule has 2 N–H and O–H groups in total. The number of aryl methyl sites for hydroxylation is 1. The van der Waals surface area contributed by atoms with E-state index in [0.717, 1.165) is 5.56 Å². The highest BCUT2D eigenvalue weighted by Gasteiger charge is 2.30. The first-order chi connectivity index (χ1) is 8.42. The van der Waals surface area contributed by atoms with Crippen LogP contribution in [-0.4, -0.2) is 46.3 Å². The molecule has 0 heterocycles. The quantitative estimate of drug-likeness (QED) is 0.826. The first-order valence-corrected chi connectivity index (χ1v) is 6.02. The van der Waals surface area contributed by atoms with Gasteiger partial charge in [0.05, 0.1) is 18.8 Å². The molecule has 0 unspecified atom stereocenters. The van der Waals surface area contributed by atoms with Crippen molar-refractivity contribution in [1.82, 2.24) is 4.90 Å². The lowest BCUT2D eigenvalue weighted by molar-refractivity contribution is 0.0308. The van der Waals surface area contributed by atoms with E-state index in [0.29, 0.717) is 5.56 Å². The largest absolute Gasteiger partial charge is 0.395 e. The molecule has 1 rings (SSSR count). The molecule has 0 aliphatic carbocycles. The minimum Gasteiger partial charge on any atom is -0.395 e. The van der Waals surface area contributed by atoms with Crippen LogP contribution < -0.4 is 0 Å². The second-order valence-corrected chi connectivity index (χ2v) is 5.02. The van der Waals surface area contributed by atoms with Gasteiger partial charge in [0.15, 0.2) is 0 Å². The van der Waals surface area contributed by atoms with E-state index >= 15 is 0 Å². The summed E-state index contributed by atoms with van der Waals surface area (Å²) in [6.45, 7) is 5.41. The fourth-order valence-electron chi connectivity index (χ4n) is 1.80. The Labute approximate surface area is 108 Å². The molecule has 1 amide bonds. The van der Waals surface area contributed by atoms with Gasteiger partial charge in [-0.1, -0.05) is 17.7 Å². The van der Waals surface area contributed by atoms with Crippen LogP contribution in [0.5, 0.6) is 0 Å². The van der Waals surface area contributed by atoms with Gasteiger partial charge < -0.3 is 15.1 Å². The number of hydrogen-bond donors (Lipinski definition) is 2. The highest BCUT2D eigenvalue weighted by atomic mass is 16.3. The van der Waals surface area contributed by atoms with Gasteiger partial charge in [-0.2, -0.15) is 0 Å². The molecule has 100 valence electrons. The molecule has 4 nitrogen and oxygen atoms in total. The standard InChI is InChI=1S/C14H21NO3/c1-11-5-4-6-12(9-11)13(18)15(7-8-16)14(2,3)10-17/h4-6,9,16-17H,7-8,10H2,1-3H3. The Balaban J connectivity index is 3.03. The van der Waals surface area contributed by atoms with Gasteiger partial charge in [0.1, 0.15) is 0 Å². The van der Waals surface area contributed by atoms with Crippen LogP contribution in [0.25, 0.3) is 0 Å². The molecule has 0 radical (unpaired) electrons. The third-order valence-corrected chi connectivity index (χ3v) is 2.95. The third kappa shape index (κ3) is 3.31. The average molecular weight is 251 g/mol. The molecule has 18 heavy (non-hydrogen) atoms. The van der Waals surface area contributed by atoms with Crippen molar-refractivity contribution in [2.45, 2.75) is 26.3 Å². The minimum atomic E-state index is -0.691. The van der Waals surface area contributed by atoms with Crippen molar-refractivity contribution in [3.63, 3.8) is 0 Å². The van der Waals surface area contributed by atoms with Crippen molar-refractivity contribution >= 4 is 5.91 Å². The zero-order chi connectivity index (χ0) is 13.8. The number of aliphatic hydroxyl groups is 2. The lowest BCUT2D eigenvalue weighted by atomic mass is 10.0. The maximum absolute atomic E-state index is 12.4. The molecular weight excluding hydrogens is 230 g/mol. The molecule has 0 aromatic heterocycles. The number of rotatable bonds is 5. The van der Waals surface area contributed by atoms with Crippen LogP contribution >= 0.6 is 0 Å². The van der Waals surface area contributed by atoms with Crippen LogP contribution in [0.3, 0.4) is 0 Å². The van der Waals surface area contributed by atoms with Crippen LogP contribution in [0, 0.1) is 6.92 Å². The number of nitrogens with zero attached hydrogens (tertiary/aromatic N) is 1. The number of carbonyl (C=O) groups is 1. The molecule has 1 aromatic rings. The summed E-state index contributed by atoms with van der Waals surface area (Å²) in [6, 6.07) is 7.29. The minimum absolute atomic E-state index is 0.124. The highest BCUT2D eigenvalue weighted by Crippen LogP contribution is 2.17. The Morgan fingerprint density at radius 3 is 2.50 bits per heavy atom. The molecule has 0 aliphatic heterocycles. The molecular formula is C14H21NO3. The first-order valence-electron chi connectivity index (χ1n) is 6.02. The van der Waals surface area contributed by atoms with E-state index in [9.17, 15) is 9.90 Å². The lowest BCUT2D eigenvalue weighted by Crippen LogP contribution is -2.51. The van der Waals surface area contributed by atoms with Crippen LogP contribution in [0.1, 0.15) is 29.8 Å². The van der Waals surface area contributed by atoms with E-state index in [2.05, 4.69) is 0 Å². The zero-order valence-electron chi connectivity index (χ0n) is 11.2. The van der Waals surface area contributed by atoms with Crippen molar-refractivity contribution in [2.24, 2.45) is 0 Å². The summed E-state index contributed by atoms with van der Waals surface area (Å²) in [5, 5.41) is 18.4. The fourth-order valence-corrected chi connectivity index (χ4v) is 1.80. The highest BCUT2D eigenvalue weighted by molar-refractivity contribution is 5.94. The van der Waals surface area contributed by atoms with Gasteiger partial charge in [0.25, 0.3) is 5.91 Å². The molecule has 0 bridgehead atoms. The smallest absolute Gasteiger partial charge is 0.254 e. The van der Waals surface area contributed by atoms with Crippen LogP contribution in [0.4, 0.5) is 0 Å². The topological polar surface area (TPSA) is 60.8 Å². The van der Waals surface area contributed by atoms with Gasteiger partial charge >= 0.3 is 0 Å². The average Bonchev–Trinajstić information content (AvgIpc) is 2.35. The summed E-state index contributed by atoms with van der Waals surface area (Å²) in [6.07, 6.45) is 0. The van der Waals surface area contributed by atoms with Crippen molar-refractivity contribution < 1.29 is 15.0 Å². The van der Waals surface area contributed by atoms with Crippen molar-refractivity contribution in [3.8, 4) is 0 Å². The summed E-state index contributed by atoms with van der Waals surface area (Å²) in [5.41, 5.74) is 0.889. The third-order valence-electron chi connectivity index (χ3n) is 2.95. The molecule has 4 heteroatoms. The number of amides is 1. The fraction of sp³-hybridized carbons (Fsp3) is 0.500. The molecule has 0 fully saturated rings. The predicted octanol–water partition coefficient (Wildman–Crippen LogP) is 1.20. The van der Waals surface area contributed by atoms with Crippen LogP contribution in [-0.2, 0) is 0 Å². The van der Waals surface area contributed by atoms with E-state index in [4.69, 9.17) is 5.11 Å². The number of aliphatic hydroxyl groups excluding tert-OH is 2. The van der Waals surface area contributed by atoms with Crippen molar-refractivity contribution in [2.75, 3.05) is 19.8 Å². The van der Waals surface area contributed by atoms with Gasteiger partial charge in [0, 0.05) is 12.1 Å². The monoisotopic (exact) mass is 251 g/mol. The molecule has 0 saturated carbocycles. The predicted molar refractivity (Wildman–Crippen MR) is 70.5 cm³/mol. The summed E-state index contributed by atoms with van der Waals surface area (Å²) >= 11 is 0. The van der Waals surface area contributed by atoms with Gasteiger partial charge in [-0.05, 0) is 32.9 Å². The Bertz CT molecular complexity index is 415. The number of hydrogen-bond acceptors (Lipinski definition) is 3.